The SMILES string of the molecule is C.C[C@@H]1[C@@H](CO)O[C@@H](n2ccc(=O)[nH]c2=O)[C@]1(C)F. The Morgan fingerprint density at radius 3 is 2.68 bits per heavy atom. The molecule has 0 aromatic carbocycles. The Morgan fingerprint density at radius 2 is 2.21 bits per heavy atom. The summed E-state index contributed by atoms with van der Waals surface area (Å²) in [6.07, 6.45) is -0.645. The Balaban J connectivity index is 0.00000180. The lowest BCUT2D eigenvalue weighted by atomic mass is 9.90. The highest BCUT2D eigenvalue weighted by atomic mass is 19.1. The second-order valence-corrected chi connectivity index (χ2v) is 4.67. The number of rotatable bonds is 2. The minimum Gasteiger partial charge on any atom is -0.394 e. The minimum atomic E-state index is -1.81. The highest BCUT2D eigenvalue weighted by Crippen LogP contribution is 2.44. The number of hydrogen-bond acceptors (Lipinski definition) is 4. The number of aromatic nitrogens is 2. The van der Waals surface area contributed by atoms with Crippen molar-refractivity contribution < 1.29 is 14.2 Å². The van der Waals surface area contributed by atoms with Crippen LogP contribution in [0.2, 0.25) is 0 Å². The van der Waals surface area contributed by atoms with Gasteiger partial charge in [0, 0.05) is 18.2 Å². The fraction of sp³-hybridized carbons (Fsp3) is 0.667. The van der Waals surface area contributed by atoms with E-state index in [9.17, 15) is 14.0 Å². The molecule has 1 saturated heterocycles. The Labute approximate surface area is 109 Å². The van der Waals surface area contributed by atoms with E-state index in [2.05, 4.69) is 0 Å². The second-order valence-electron chi connectivity index (χ2n) is 4.67. The molecular weight excluding hydrogens is 255 g/mol. The number of hydrogen-bond donors (Lipinski definition) is 2. The van der Waals surface area contributed by atoms with Crippen molar-refractivity contribution in [2.24, 2.45) is 5.92 Å². The summed E-state index contributed by atoms with van der Waals surface area (Å²) in [5.41, 5.74) is -3.10. The Hall–Kier alpha value is -1.47. The zero-order chi connectivity index (χ0) is 13.5. The summed E-state index contributed by atoms with van der Waals surface area (Å²) in [5, 5.41) is 9.11. The lowest BCUT2D eigenvalue weighted by Crippen LogP contribution is -2.40. The van der Waals surface area contributed by atoms with Crippen molar-refractivity contribution in [2.75, 3.05) is 6.61 Å². The van der Waals surface area contributed by atoms with E-state index < -0.39 is 35.2 Å². The van der Waals surface area contributed by atoms with Gasteiger partial charge in [-0.1, -0.05) is 14.4 Å². The van der Waals surface area contributed by atoms with E-state index >= 15 is 0 Å². The van der Waals surface area contributed by atoms with E-state index in [-0.39, 0.29) is 14.0 Å². The smallest absolute Gasteiger partial charge is 0.330 e. The van der Waals surface area contributed by atoms with E-state index in [4.69, 9.17) is 9.84 Å². The number of H-pyrrole nitrogens is 1. The molecule has 4 atom stereocenters. The third-order valence-electron chi connectivity index (χ3n) is 3.52. The average molecular weight is 274 g/mol. The van der Waals surface area contributed by atoms with Gasteiger partial charge in [0.25, 0.3) is 5.56 Å². The summed E-state index contributed by atoms with van der Waals surface area (Å²) in [6, 6.07) is 1.12. The molecule has 2 rings (SSSR count). The van der Waals surface area contributed by atoms with Gasteiger partial charge in [-0.05, 0) is 6.92 Å². The van der Waals surface area contributed by atoms with Gasteiger partial charge in [-0.2, -0.15) is 0 Å². The molecule has 1 aliphatic rings. The molecule has 0 radical (unpaired) electrons. The van der Waals surface area contributed by atoms with Gasteiger partial charge in [-0.15, -0.1) is 0 Å². The van der Waals surface area contributed by atoms with E-state index in [1.807, 2.05) is 4.98 Å². The molecule has 2 N–H and O–H groups in total. The van der Waals surface area contributed by atoms with Crippen molar-refractivity contribution in [3.05, 3.63) is 33.1 Å². The first-order valence-electron chi connectivity index (χ1n) is 5.64. The third kappa shape index (κ3) is 2.48. The molecule has 2 heterocycles. The first kappa shape index (κ1) is 15.6. The molecule has 0 spiro atoms. The summed E-state index contributed by atoms with van der Waals surface area (Å²) >= 11 is 0. The average Bonchev–Trinajstić information content (AvgIpc) is 2.52. The number of halogens is 1. The molecule has 1 fully saturated rings. The zero-order valence-corrected chi connectivity index (χ0v) is 10.1. The van der Waals surface area contributed by atoms with Crippen LogP contribution >= 0.6 is 0 Å². The summed E-state index contributed by atoms with van der Waals surface area (Å²) in [5.74, 6) is -0.564. The quantitative estimate of drug-likeness (QED) is 0.819. The fourth-order valence-corrected chi connectivity index (χ4v) is 2.16. The lowest BCUT2D eigenvalue weighted by molar-refractivity contribution is -0.0611. The van der Waals surface area contributed by atoms with Gasteiger partial charge < -0.3 is 9.84 Å². The molecule has 0 aliphatic carbocycles. The summed E-state index contributed by atoms with van der Waals surface area (Å²) in [6.45, 7) is 2.60. The van der Waals surface area contributed by atoms with Gasteiger partial charge in [-0.25, -0.2) is 9.18 Å². The van der Waals surface area contributed by atoms with Crippen LogP contribution in [0.5, 0.6) is 0 Å². The van der Waals surface area contributed by atoms with Crippen LogP contribution in [0.3, 0.4) is 0 Å². The monoisotopic (exact) mass is 274 g/mol. The molecule has 0 amide bonds. The van der Waals surface area contributed by atoms with Crippen molar-refractivity contribution in [3.63, 3.8) is 0 Å². The van der Waals surface area contributed by atoms with Gasteiger partial charge in [-0.3, -0.25) is 14.3 Å². The molecule has 7 heteroatoms. The second kappa shape index (κ2) is 5.26. The van der Waals surface area contributed by atoms with Gasteiger partial charge in [0.1, 0.15) is 0 Å². The maximum Gasteiger partial charge on any atom is 0.330 e. The number of ether oxygens (including phenoxy) is 1. The van der Waals surface area contributed by atoms with Crippen LogP contribution in [-0.2, 0) is 4.74 Å². The van der Waals surface area contributed by atoms with Crippen molar-refractivity contribution in [3.8, 4) is 0 Å². The molecular formula is C12H19FN2O4. The summed E-state index contributed by atoms with van der Waals surface area (Å²) in [7, 11) is 0. The Kier molecular flexibility index (Phi) is 4.32. The third-order valence-corrected chi connectivity index (χ3v) is 3.52. The van der Waals surface area contributed by atoms with E-state index in [1.54, 1.807) is 6.92 Å². The van der Waals surface area contributed by atoms with Crippen LogP contribution in [0.25, 0.3) is 0 Å². The van der Waals surface area contributed by atoms with Crippen LogP contribution < -0.4 is 11.2 Å². The molecule has 0 bridgehead atoms. The van der Waals surface area contributed by atoms with Gasteiger partial charge in [0.2, 0.25) is 0 Å². The fourth-order valence-electron chi connectivity index (χ4n) is 2.16. The van der Waals surface area contributed by atoms with Crippen LogP contribution in [0.15, 0.2) is 21.9 Å². The molecule has 6 nitrogen and oxygen atoms in total. The van der Waals surface area contributed by atoms with Crippen molar-refractivity contribution in [1.82, 2.24) is 9.55 Å². The number of aromatic amines is 1. The number of alkyl halides is 1. The number of nitrogens with zero attached hydrogens (tertiary/aromatic N) is 1. The van der Waals surface area contributed by atoms with Gasteiger partial charge in [0.15, 0.2) is 11.9 Å². The number of aliphatic hydroxyl groups is 1. The van der Waals surface area contributed by atoms with Crippen LogP contribution in [0.4, 0.5) is 4.39 Å². The molecule has 1 aromatic heterocycles. The molecule has 19 heavy (non-hydrogen) atoms. The van der Waals surface area contributed by atoms with Crippen LogP contribution in [0.1, 0.15) is 27.5 Å². The van der Waals surface area contributed by atoms with E-state index in [0.29, 0.717) is 0 Å². The highest BCUT2D eigenvalue weighted by Gasteiger charge is 2.53. The van der Waals surface area contributed by atoms with E-state index in [1.165, 1.54) is 13.1 Å². The standard InChI is InChI=1S/C11H15FN2O4.CH4/c1-6-7(5-15)18-9(11(6,2)12)14-4-3-8(16)13-10(14)17;/h3-4,6-7,9,15H,5H2,1-2H3,(H,13,16,17);1H4/t6-,7-,9-,11-;/m1./s1. The van der Waals surface area contributed by atoms with Crippen molar-refractivity contribution >= 4 is 0 Å². The summed E-state index contributed by atoms with van der Waals surface area (Å²) < 4.78 is 20.9. The zero-order valence-electron chi connectivity index (χ0n) is 10.1. The first-order chi connectivity index (χ1) is 8.37. The molecule has 0 unspecified atom stereocenters. The van der Waals surface area contributed by atoms with Gasteiger partial charge in [0.05, 0.1) is 12.7 Å². The van der Waals surface area contributed by atoms with Crippen LogP contribution in [0, 0.1) is 5.92 Å². The molecule has 1 aliphatic heterocycles. The molecule has 0 saturated carbocycles. The number of aliphatic hydroxyl groups excluding tert-OH is 1. The molecule has 108 valence electrons. The predicted octanol–water partition coefficient (Wildman–Crippen LogP) is 0.427. The van der Waals surface area contributed by atoms with Gasteiger partial charge >= 0.3 is 5.69 Å². The minimum absolute atomic E-state index is 0. The predicted molar refractivity (Wildman–Crippen MR) is 67.7 cm³/mol. The molecule has 1 aromatic rings. The maximum atomic E-state index is 14.6. The maximum absolute atomic E-state index is 14.6. The Morgan fingerprint density at radius 1 is 1.58 bits per heavy atom. The normalized spacial score (nSPS) is 34.0. The van der Waals surface area contributed by atoms with Crippen molar-refractivity contribution in [1.29, 1.82) is 0 Å². The summed E-state index contributed by atoms with van der Waals surface area (Å²) in [4.78, 5) is 24.6. The Bertz CT molecular complexity index is 551. The lowest BCUT2D eigenvalue weighted by Gasteiger charge is -2.25. The number of nitrogens with one attached hydrogen (secondary N) is 1. The van der Waals surface area contributed by atoms with E-state index in [0.717, 1.165) is 10.6 Å². The van der Waals surface area contributed by atoms with Crippen molar-refractivity contribution in [2.45, 2.75) is 39.3 Å². The first-order valence-corrected chi connectivity index (χ1v) is 5.64. The van der Waals surface area contributed by atoms with Crippen LogP contribution in [-0.4, -0.2) is 33.0 Å². The largest absolute Gasteiger partial charge is 0.394 e. The highest BCUT2D eigenvalue weighted by molar-refractivity contribution is 4.99. The topological polar surface area (TPSA) is 84.3 Å².